The highest BCUT2D eigenvalue weighted by Crippen LogP contribution is 2.37. The van der Waals surface area contributed by atoms with E-state index < -0.39 is 18.0 Å². The summed E-state index contributed by atoms with van der Waals surface area (Å²) in [4.78, 5) is 25.5. The fourth-order valence-corrected chi connectivity index (χ4v) is 4.10. The maximum atomic E-state index is 13.0. The molecule has 4 rings (SSSR count). The molecular weight excluding hydrogens is 472 g/mol. The molecule has 1 aliphatic heterocycles. The number of nitrogens with zero attached hydrogens (tertiary/aromatic N) is 2. The van der Waals surface area contributed by atoms with Crippen molar-refractivity contribution in [1.29, 1.82) is 0 Å². The third-order valence-electron chi connectivity index (χ3n) is 5.51. The number of methoxy groups -OCH3 is 2. The van der Waals surface area contributed by atoms with Crippen molar-refractivity contribution in [3.8, 4) is 22.7 Å². The van der Waals surface area contributed by atoms with E-state index in [1.807, 2.05) is 36.4 Å². The number of para-hydroxylation sites is 1. The highest BCUT2D eigenvalue weighted by molar-refractivity contribution is 6.32. The topological polar surface area (TPSA) is 104 Å². The summed E-state index contributed by atoms with van der Waals surface area (Å²) in [5.41, 5.74) is 3.31. The van der Waals surface area contributed by atoms with Crippen LogP contribution in [0.1, 0.15) is 18.5 Å². The lowest BCUT2D eigenvalue weighted by Crippen LogP contribution is -2.45. The molecule has 9 nitrogen and oxygen atoms in total. The first-order chi connectivity index (χ1) is 16.9. The second-order valence-corrected chi connectivity index (χ2v) is 8.17. The Balaban J connectivity index is 1.85. The number of hydrogen-bond donors (Lipinski definition) is 2. The normalized spacial score (nSPS) is 15.4. The Kier molecular flexibility index (Phi) is 7.38. The van der Waals surface area contributed by atoms with E-state index in [1.165, 1.54) is 14.2 Å². The van der Waals surface area contributed by atoms with Crippen LogP contribution >= 0.6 is 11.6 Å². The van der Waals surface area contributed by atoms with Gasteiger partial charge in [0.1, 0.15) is 12.4 Å². The van der Waals surface area contributed by atoms with Crippen LogP contribution in [0, 0.1) is 0 Å². The molecule has 1 aromatic heterocycles. The number of halogens is 1. The predicted octanol–water partition coefficient (Wildman–Crippen LogP) is 4.02. The molecule has 10 heteroatoms. The summed E-state index contributed by atoms with van der Waals surface area (Å²) in [6.45, 7) is 1.99. The third kappa shape index (κ3) is 5.16. The van der Waals surface area contributed by atoms with Crippen LogP contribution in [0.4, 0.5) is 4.79 Å². The molecule has 35 heavy (non-hydrogen) atoms. The van der Waals surface area contributed by atoms with E-state index in [4.69, 9.17) is 30.9 Å². The van der Waals surface area contributed by atoms with Crippen molar-refractivity contribution < 1.29 is 23.8 Å². The minimum absolute atomic E-state index is 0.0804. The van der Waals surface area contributed by atoms with Crippen LogP contribution in [0.5, 0.6) is 5.75 Å². The highest BCUT2D eigenvalue weighted by Gasteiger charge is 2.35. The molecule has 1 aliphatic rings. The molecule has 0 saturated carbocycles. The van der Waals surface area contributed by atoms with E-state index >= 15 is 0 Å². The van der Waals surface area contributed by atoms with Gasteiger partial charge in [0.25, 0.3) is 0 Å². The molecule has 2 amide bonds. The Labute approximate surface area is 207 Å². The van der Waals surface area contributed by atoms with Gasteiger partial charge in [-0.25, -0.2) is 14.3 Å². The number of carbonyl (C=O) groups is 2. The maximum absolute atomic E-state index is 13.0. The second kappa shape index (κ2) is 10.6. The van der Waals surface area contributed by atoms with Crippen LogP contribution in [0.3, 0.4) is 0 Å². The van der Waals surface area contributed by atoms with Crippen LogP contribution < -0.4 is 15.4 Å². The quantitative estimate of drug-likeness (QED) is 0.360. The van der Waals surface area contributed by atoms with Gasteiger partial charge in [-0.2, -0.15) is 5.10 Å². The molecule has 0 aliphatic carbocycles. The molecule has 3 aromatic rings. The van der Waals surface area contributed by atoms with Crippen LogP contribution in [-0.4, -0.2) is 49.2 Å². The van der Waals surface area contributed by atoms with Crippen molar-refractivity contribution in [3.63, 3.8) is 0 Å². The zero-order chi connectivity index (χ0) is 24.9. The molecule has 0 spiro atoms. The van der Waals surface area contributed by atoms with Crippen LogP contribution in [0.25, 0.3) is 16.9 Å². The molecule has 2 heterocycles. The van der Waals surface area contributed by atoms with Gasteiger partial charge in [0.05, 0.1) is 41.7 Å². The summed E-state index contributed by atoms with van der Waals surface area (Å²) >= 11 is 6.40. The van der Waals surface area contributed by atoms with Gasteiger partial charge in [0, 0.05) is 30.1 Å². The van der Waals surface area contributed by atoms with Crippen LogP contribution in [0.15, 0.2) is 66.0 Å². The number of hydrogen-bond acceptors (Lipinski definition) is 6. The number of amides is 2. The average Bonchev–Trinajstić information content (AvgIpc) is 3.29. The molecule has 1 atom stereocenters. The number of ether oxygens (including phenoxy) is 3. The molecule has 2 N–H and O–H groups in total. The second-order valence-electron chi connectivity index (χ2n) is 7.76. The zero-order valence-corrected chi connectivity index (χ0v) is 20.3. The summed E-state index contributed by atoms with van der Waals surface area (Å²) in [6, 6.07) is 13.6. The number of rotatable bonds is 8. The van der Waals surface area contributed by atoms with E-state index in [0.717, 1.165) is 5.69 Å². The monoisotopic (exact) mass is 496 g/mol. The first kappa shape index (κ1) is 24.3. The Hall–Kier alpha value is -3.82. The lowest BCUT2D eigenvalue weighted by molar-refractivity contribution is -0.140. The summed E-state index contributed by atoms with van der Waals surface area (Å²) < 4.78 is 17.3. The van der Waals surface area contributed by atoms with Crippen LogP contribution in [0.2, 0.25) is 5.02 Å². The molecule has 0 saturated heterocycles. The summed E-state index contributed by atoms with van der Waals surface area (Å²) in [6.07, 6.45) is 1.79. The number of aromatic nitrogens is 2. The lowest BCUT2D eigenvalue weighted by Gasteiger charge is -2.28. The molecule has 2 aromatic carbocycles. The van der Waals surface area contributed by atoms with Gasteiger partial charge in [-0.15, -0.1) is 0 Å². The molecule has 0 fully saturated rings. The van der Waals surface area contributed by atoms with Gasteiger partial charge < -0.3 is 24.8 Å². The van der Waals surface area contributed by atoms with Crippen molar-refractivity contribution in [2.24, 2.45) is 0 Å². The fourth-order valence-electron chi connectivity index (χ4n) is 3.84. The largest absolute Gasteiger partial charge is 0.495 e. The zero-order valence-electron chi connectivity index (χ0n) is 19.5. The molecule has 0 radical (unpaired) electrons. The summed E-state index contributed by atoms with van der Waals surface area (Å²) in [5.74, 6) is -0.0454. The number of nitrogens with one attached hydrogen (secondary N) is 2. The number of esters is 1. The van der Waals surface area contributed by atoms with Gasteiger partial charge in [0.2, 0.25) is 0 Å². The number of benzene rings is 2. The van der Waals surface area contributed by atoms with E-state index in [-0.39, 0.29) is 18.8 Å². The summed E-state index contributed by atoms with van der Waals surface area (Å²) in [5, 5.41) is 10.7. The standard InChI is InChI=1S/C25H25ClN4O5/c1-15-21(24(31)35-12-11-33-2)23(28-25(32)27-15)18-14-30(17-7-5-4-6-8-17)29-22(18)16-9-10-20(34-3)19(26)13-16/h4-10,13-14,23H,11-12H2,1-3H3,(H2,27,28,32)/t23-/m1/s1. The van der Waals surface area contributed by atoms with Crippen molar-refractivity contribution in [2.75, 3.05) is 27.4 Å². The number of carbonyl (C=O) groups excluding carboxylic acids is 2. The predicted molar refractivity (Wildman–Crippen MR) is 131 cm³/mol. The SMILES string of the molecule is COCCOC(=O)C1=C(C)NC(=O)N[C@@H]1c1cn(-c2ccccc2)nc1-c1ccc(OC)c(Cl)c1. The first-order valence-electron chi connectivity index (χ1n) is 10.9. The Morgan fingerprint density at radius 3 is 2.60 bits per heavy atom. The Morgan fingerprint density at radius 2 is 1.91 bits per heavy atom. The molecule has 182 valence electrons. The van der Waals surface area contributed by atoms with E-state index in [2.05, 4.69) is 10.6 Å². The Bertz CT molecular complexity index is 1270. The molecule has 0 unspecified atom stereocenters. The Morgan fingerprint density at radius 1 is 1.14 bits per heavy atom. The van der Waals surface area contributed by atoms with Crippen molar-refractivity contribution in [1.82, 2.24) is 20.4 Å². The first-order valence-corrected chi connectivity index (χ1v) is 11.2. The van der Waals surface area contributed by atoms with Crippen molar-refractivity contribution >= 4 is 23.6 Å². The van der Waals surface area contributed by atoms with Crippen molar-refractivity contribution in [2.45, 2.75) is 13.0 Å². The van der Waals surface area contributed by atoms with Gasteiger partial charge in [-0.1, -0.05) is 29.8 Å². The van der Waals surface area contributed by atoms with E-state index in [1.54, 1.807) is 29.9 Å². The van der Waals surface area contributed by atoms with Crippen molar-refractivity contribution in [3.05, 3.63) is 76.6 Å². The third-order valence-corrected chi connectivity index (χ3v) is 5.80. The van der Waals surface area contributed by atoms with Gasteiger partial charge in [-0.05, 0) is 37.3 Å². The molecule has 0 bridgehead atoms. The van der Waals surface area contributed by atoms with E-state index in [0.29, 0.717) is 33.3 Å². The number of allylic oxidation sites excluding steroid dienone is 1. The summed E-state index contributed by atoms with van der Waals surface area (Å²) in [7, 11) is 3.06. The highest BCUT2D eigenvalue weighted by atomic mass is 35.5. The molecular formula is C25H25ClN4O5. The van der Waals surface area contributed by atoms with Crippen LogP contribution in [-0.2, 0) is 14.3 Å². The van der Waals surface area contributed by atoms with Gasteiger partial charge in [0.15, 0.2) is 0 Å². The lowest BCUT2D eigenvalue weighted by atomic mass is 9.93. The minimum Gasteiger partial charge on any atom is -0.495 e. The smallest absolute Gasteiger partial charge is 0.338 e. The maximum Gasteiger partial charge on any atom is 0.338 e. The van der Waals surface area contributed by atoms with Gasteiger partial charge in [-0.3, -0.25) is 0 Å². The number of urea groups is 1. The fraction of sp³-hybridized carbons (Fsp3) is 0.240. The van der Waals surface area contributed by atoms with Gasteiger partial charge >= 0.3 is 12.0 Å². The van der Waals surface area contributed by atoms with E-state index in [9.17, 15) is 9.59 Å². The minimum atomic E-state index is -0.813. The average molecular weight is 497 g/mol.